The zero-order valence-corrected chi connectivity index (χ0v) is 14.5. The van der Waals surface area contributed by atoms with Crippen molar-refractivity contribution >= 4 is 10.9 Å². The van der Waals surface area contributed by atoms with Crippen LogP contribution < -0.4 is 0 Å². The van der Waals surface area contributed by atoms with Gasteiger partial charge in [-0.05, 0) is 29.2 Å². The van der Waals surface area contributed by atoms with Crippen molar-refractivity contribution in [2.75, 3.05) is 0 Å². The van der Waals surface area contributed by atoms with Gasteiger partial charge in [0, 0.05) is 10.9 Å². The molecule has 0 aliphatic carbocycles. The monoisotopic (exact) mass is 324 g/mol. The molecule has 1 heterocycles. The van der Waals surface area contributed by atoms with E-state index in [2.05, 4.69) is 68.4 Å². The van der Waals surface area contributed by atoms with Gasteiger partial charge >= 0.3 is 0 Å². The SMILES string of the molecule is CC(C)c1nc(-c2ccccc2)nc2ccc(-c3ccccc3)cc12. The van der Waals surface area contributed by atoms with E-state index < -0.39 is 0 Å². The first-order valence-electron chi connectivity index (χ1n) is 8.65. The van der Waals surface area contributed by atoms with Gasteiger partial charge in [0.1, 0.15) is 0 Å². The third-order valence-electron chi connectivity index (χ3n) is 4.41. The Balaban J connectivity index is 1.92. The summed E-state index contributed by atoms with van der Waals surface area (Å²) in [6, 6.07) is 27.1. The highest BCUT2D eigenvalue weighted by atomic mass is 14.9. The molecule has 0 spiro atoms. The molecule has 0 saturated heterocycles. The van der Waals surface area contributed by atoms with Crippen LogP contribution in [-0.4, -0.2) is 9.97 Å². The topological polar surface area (TPSA) is 25.8 Å². The van der Waals surface area contributed by atoms with Crippen molar-refractivity contribution in [3.8, 4) is 22.5 Å². The third-order valence-corrected chi connectivity index (χ3v) is 4.41. The van der Waals surface area contributed by atoms with Crippen LogP contribution >= 0.6 is 0 Å². The first kappa shape index (κ1) is 15.5. The highest BCUT2D eigenvalue weighted by molar-refractivity contribution is 5.88. The molecule has 2 heteroatoms. The number of aromatic nitrogens is 2. The van der Waals surface area contributed by atoms with Crippen LogP contribution in [0, 0.1) is 0 Å². The maximum atomic E-state index is 4.89. The van der Waals surface area contributed by atoms with Gasteiger partial charge in [0.05, 0.1) is 11.2 Å². The van der Waals surface area contributed by atoms with E-state index in [9.17, 15) is 0 Å². The number of nitrogens with zero attached hydrogens (tertiary/aromatic N) is 2. The van der Waals surface area contributed by atoms with E-state index in [4.69, 9.17) is 9.97 Å². The van der Waals surface area contributed by atoms with Gasteiger partial charge in [-0.1, -0.05) is 80.6 Å². The van der Waals surface area contributed by atoms with Crippen molar-refractivity contribution in [3.63, 3.8) is 0 Å². The van der Waals surface area contributed by atoms with E-state index >= 15 is 0 Å². The minimum absolute atomic E-state index is 0.332. The average Bonchev–Trinajstić information content (AvgIpc) is 2.68. The summed E-state index contributed by atoms with van der Waals surface area (Å²) in [5.41, 5.74) is 5.56. The van der Waals surface area contributed by atoms with E-state index in [0.29, 0.717) is 5.92 Å². The standard InChI is InChI=1S/C23H20N2/c1-16(2)22-20-15-19(17-9-5-3-6-10-17)13-14-21(20)24-23(25-22)18-11-7-4-8-12-18/h3-16H,1-2H3. The average molecular weight is 324 g/mol. The summed E-state index contributed by atoms with van der Waals surface area (Å²) in [6.45, 7) is 4.37. The van der Waals surface area contributed by atoms with Crippen molar-refractivity contribution in [3.05, 3.63) is 84.6 Å². The fourth-order valence-corrected chi connectivity index (χ4v) is 3.12. The van der Waals surface area contributed by atoms with Gasteiger partial charge in [-0.3, -0.25) is 0 Å². The van der Waals surface area contributed by atoms with Crippen molar-refractivity contribution in [1.29, 1.82) is 0 Å². The normalized spacial score (nSPS) is 11.2. The van der Waals surface area contributed by atoms with Crippen LogP contribution in [0.4, 0.5) is 0 Å². The first-order valence-corrected chi connectivity index (χ1v) is 8.65. The Bertz CT molecular complexity index is 1010. The molecular weight excluding hydrogens is 304 g/mol. The molecule has 122 valence electrons. The van der Waals surface area contributed by atoms with E-state index in [1.165, 1.54) is 11.1 Å². The first-order chi connectivity index (χ1) is 12.2. The van der Waals surface area contributed by atoms with Crippen LogP contribution in [0.3, 0.4) is 0 Å². The summed E-state index contributed by atoms with van der Waals surface area (Å²) < 4.78 is 0. The zero-order valence-electron chi connectivity index (χ0n) is 14.5. The molecule has 0 atom stereocenters. The van der Waals surface area contributed by atoms with E-state index in [1.54, 1.807) is 0 Å². The van der Waals surface area contributed by atoms with E-state index in [-0.39, 0.29) is 0 Å². The number of hydrogen-bond acceptors (Lipinski definition) is 2. The molecule has 0 saturated carbocycles. The third kappa shape index (κ3) is 3.03. The van der Waals surface area contributed by atoms with Crippen LogP contribution in [0.25, 0.3) is 33.4 Å². The molecular formula is C23H20N2. The fraction of sp³-hybridized carbons (Fsp3) is 0.130. The van der Waals surface area contributed by atoms with E-state index in [0.717, 1.165) is 28.0 Å². The highest BCUT2D eigenvalue weighted by Crippen LogP contribution is 2.30. The van der Waals surface area contributed by atoms with Gasteiger partial charge < -0.3 is 0 Å². The van der Waals surface area contributed by atoms with Gasteiger partial charge in [0.25, 0.3) is 0 Å². The Morgan fingerprint density at radius 2 is 1.28 bits per heavy atom. The molecule has 4 aromatic rings. The minimum Gasteiger partial charge on any atom is -0.232 e. The lowest BCUT2D eigenvalue weighted by molar-refractivity contribution is 0.831. The van der Waals surface area contributed by atoms with Crippen LogP contribution in [0.5, 0.6) is 0 Å². The Labute approximate surface area is 148 Å². The number of rotatable bonds is 3. The number of fused-ring (bicyclic) bond motifs is 1. The molecule has 0 bridgehead atoms. The molecule has 0 aliphatic rings. The van der Waals surface area contributed by atoms with Gasteiger partial charge in [-0.25, -0.2) is 9.97 Å². The molecule has 0 aliphatic heterocycles. The second-order valence-corrected chi connectivity index (χ2v) is 6.55. The lowest BCUT2D eigenvalue weighted by Crippen LogP contribution is -2.00. The summed E-state index contributed by atoms with van der Waals surface area (Å²) in [5, 5.41) is 1.14. The number of hydrogen-bond donors (Lipinski definition) is 0. The molecule has 0 unspecified atom stereocenters. The van der Waals surface area contributed by atoms with Crippen LogP contribution in [0.1, 0.15) is 25.5 Å². The molecule has 0 fully saturated rings. The Hall–Kier alpha value is -3.00. The summed E-state index contributed by atoms with van der Waals surface area (Å²) in [4.78, 5) is 9.71. The van der Waals surface area contributed by atoms with Gasteiger partial charge in [0.15, 0.2) is 5.82 Å². The second kappa shape index (κ2) is 6.48. The van der Waals surface area contributed by atoms with Gasteiger partial charge in [-0.15, -0.1) is 0 Å². The highest BCUT2D eigenvalue weighted by Gasteiger charge is 2.13. The van der Waals surface area contributed by atoms with Crippen LogP contribution in [0.2, 0.25) is 0 Å². The minimum atomic E-state index is 0.332. The lowest BCUT2D eigenvalue weighted by atomic mass is 9.99. The Morgan fingerprint density at radius 3 is 1.92 bits per heavy atom. The largest absolute Gasteiger partial charge is 0.232 e. The van der Waals surface area contributed by atoms with E-state index in [1.807, 2.05) is 24.3 Å². The van der Waals surface area contributed by atoms with Crippen LogP contribution in [-0.2, 0) is 0 Å². The fourth-order valence-electron chi connectivity index (χ4n) is 3.12. The van der Waals surface area contributed by atoms with Crippen molar-refractivity contribution in [2.24, 2.45) is 0 Å². The maximum absolute atomic E-state index is 4.89. The van der Waals surface area contributed by atoms with Gasteiger partial charge in [-0.2, -0.15) is 0 Å². The van der Waals surface area contributed by atoms with Gasteiger partial charge in [0.2, 0.25) is 0 Å². The Morgan fingerprint density at radius 1 is 0.640 bits per heavy atom. The molecule has 1 aromatic heterocycles. The van der Waals surface area contributed by atoms with Crippen molar-refractivity contribution in [1.82, 2.24) is 9.97 Å². The zero-order chi connectivity index (χ0) is 17.2. The van der Waals surface area contributed by atoms with Crippen LogP contribution in [0.15, 0.2) is 78.9 Å². The predicted molar refractivity (Wildman–Crippen MR) is 104 cm³/mol. The number of benzene rings is 3. The van der Waals surface area contributed by atoms with Crippen molar-refractivity contribution < 1.29 is 0 Å². The summed E-state index contributed by atoms with van der Waals surface area (Å²) in [5.74, 6) is 1.13. The molecule has 3 aromatic carbocycles. The quantitative estimate of drug-likeness (QED) is 0.456. The molecule has 2 nitrogen and oxygen atoms in total. The molecule has 25 heavy (non-hydrogen) atoms. The van der Waals surface area contributed by atoms with Crippen molar-refractivity contribution in [2.45, 2.75) is 19.8 Å². The second-order valence-electron chi connectivity index (χ2n) is 6.55. The summed E-state index contributed by atoms with van der Waals surface area (Å²) in [6.07, 6.45) is 0. The molecule has 0 amide bonds. The predicted octanol–water partition coefficient (Wildman–Crippen LogP) is 6.09. The smallest absolute Gasteiger partial charge is 0.160 e. The molecule has 4 rings (SSSR count). The Kier molecular flexibility index (Phi) is 4.02. The summed E-state index contributed by atoms with van der Waals surface area (Å²) in [7, 11) is 0. The maximum Gasteiger partial charge on any atom is 0.160 e. The summed E-state index contributed by atoms with van der Waals surface area (Å²) >= 11 is 0. The lowest BCUT2D eigenvalue weighted by Gasteiger charge is -2.13. The molecule has 0 radical (unpaired) electrons. The molecule has 0 N–H and O–H groups in total.